The quantitative estimate of drug-likeness (QED) is 0.766. The number of hydrogen-bond donors (Lipinski definition) is 2. The molecule has 1 aromatic heterocycles. The van der Waals surface area contributed by atoms with E-state index in [-0.39, 0.29) is 11.9 Å². The third-order valence-electron chi connectivity index (χ3n) is 1.99. The zero-order valence-corrected chi connectivity index (χ0v) is 9.93. The molecule has 1 aromatic rings. The smallest absolute Gasteiger partial charge is 0.221 e. The van der Waals surface area contributed by atoms with E-state index in [0.717, 1.165) is 12.2 Å². The highest BCUT2D eigenvalue weighted by molar-refractivity contribution is 7.07. The molecule has 15 heavy (non-hydrogen) atoms. The van der Waals surface area contributed by atoms with E-state index >= 15 is 0 Å². The first-order valence-corrected chi connectivity index (χ1v) is 6.03. The van der Waals surface area contributed by atoms with Crippen LogP contribution < -0.4 is 10.6 Å². The van der Waals surface area contributed by atoms with Crippen molar-refractivity contribution < 1.29 is 4.79 Å². The summed E-state index contributed by atoms with van der Waals surface area (Å²) in [6.07, 6.45) is 0.512. The molecule has 0 aromatic carbocycles. The van der Waals surface area contributed by atoms with Crippen LogP contribution in [0.15, 0.2) is 10.9 Å². The van der Waals surface area contributed by atoms with Crippen molar-refractivity contribution in [1.29, 1.82) is 0 Å². The number of nitrogens with one attached hydrogen (secondary N) is 2. The SMILES string of the molecule is CCNC(C)CC(=O)NCc1cscn1. The second-order valence-electron chi connectivity index (χ2n) is 3.42. The number of rotatable bonds is 6. The van der Waals surface area contributed by atoms with Gasteiger partial charge in [0.2, 0.25) is 5.91 Å². The van der Waals surface area contributed by atoms with Crippen molar-refractivity contribution in [1.82, 2.24) is 15.6 Å². The molecular formula is C10H17N3OS. The standard InChI is InChI=1S/C10H17N3OS/c1-3-11-8(2)4-10(14)12-5-9-6-15-7-13-9/h6-8,11H,3-5H2,1-2H3,(H,12,14). The van der Waals surface area contributed by atoms with Gasteiger partial charge in [-0.05, 0) is 13.5 Å². The van der Waals surface area contributed by atoms with Gasteiger partial charge < -0.3 is 10.6 Å². The number of nitrogens with zero attached hydrogens (tertiary/aromatic N) is 1. The number of thiazole rings is 1. The maximum atomic E-state index is 11.4. The third kappa shape index (κ3) is 4.90. The van der Waals surface area contributed by atoms with Crippen LogP contribution in [0.5, 0.6) is 0 Å². The number of aromatic nitrogens is 1. The fraction of sp³-hybridized carbons (Fsp3) is 0.600. The van der Waals surface area contributed by atoms with Crippen molar-refractivity contribution in [3.63, 3.8) is 0 Å². The second-order valence-corrected chi connectivity index (χ2v) is 4.14. The largest absolute Gasteiger partial charge is 0.350 e. The predicted octanol–water partition coefficient (Wildman–Crippen LogP) is 1.15. The zero-order chi connectivity index (χ0) is 11.1. The van der Waals surface area contributed by atoms with Crippen molar-refractivity contribution >= 4 is 17.2 Å². The Morgan fingerprint density at radius 1 is 1.67 bits per heavy atom. The minimum Gasteiger partial charge on any atom is -0.350 e. The monoisotopic (exact) mass is 227 g/mol. The minimum absolute atomic E-state index is 0.0662. The average molecular weight is 227 g/mol. The van der Waals surface area contributed by atoms with Gasteiger partial charge in [-0.1, -0.05) is 6.92 Å². The lowest BCUT2D eigenvalue weighted by atomic mass is 10.2. The van der Waals surface area contributed by atoms with E-state index < -0.39 is 0 Å². The first-order valence-electron chi connectivity index (χ1n) is 5.09. The Morgan fingerprint density at radius 2 is 2.47 bits per heavy atom. The fourth-order valence-corrected chi connectivity index (χ4v) is 1.84. The summed E-state index contributed by atoms with van der Waals surface area (Å²) >= 11 is 1.54. The molecule has 0 fully saturated rings. The summed E-state index contributed by atoms with van der Waals surface area (Å²) in [4.78, 5) is 15.5. The molecule has 0 spiro atoms. The van der Waals surface area contributed by atoms with Crippen LogP contribution in [0.25, 0.3) is 0 Å². The molecule has 2 N–H and O–H groups in total. The van der Waals surface area contributed by atoms with Crippen molar-refractivity contribution in [3.05, 3.63) is 16.6 Å². The van der Waals surface area contributed by atoms with Crippen molar-refractivity contribution in [2.45, 2.75) is 32.9 Å². The molecule has 0 saturated heterocycles. The third-order valence-corrected chi connectivity index (χ3v) is 2.63. The van der Waals surface area contributed by atoms with Gasteiger partial charge in [0.25, 0.3) is 0 Å². The van der Waals surface area contributed by atoms with Crippen molar-refractivity contribution in [2.24, 2.45) is 0 Å². The number of carbonyl (C=O) groups is 1. The van der Waals surface area contributed by atoms with Gasteiger partial charge in [-0.3, -0.25) is 4.79 Å². The molecule has 1 atom stereocenters. The van der Waals surface area contributed by atoms with Gasteiger partial charge >= 0.3 is 0 Å². The molecule has 1 unspecified atom stereocenters. The van der Waals surface area contributed by atoms with Crippen molar-refractivity contribution in [3.8, 4) is 0 Å². The van der Waals surface area contributed by atoms with E-state index in [4.69, 9.17) is 0 Å². The molecule has 0 aliphatic carbocycles. The van der Waals surface area contributed by atoms with Gasteiger partial charge in [0.05, 0.1) is 17.7 Å². The highest BCUT2D eigenvalue weighted by atomic mass is 32.1. The molecule has 0 radical (unpaired) electrons. The van der Waals surface area contributed by atoms with Crippen LogP contribution in [0.1, 0.15) is 26.0 Å². The van der Waals surface area contributed by atoms with Crippen LogP contribution >= 0.6 is 11.3 Å². The molecule has 1 heterocycles. The fourth-order valence-electron chi connectivity index (χ4n) is 1.28. The second kappa shape index (κ2) is 6.53. The van der Waals surface area contributed by atoms with Gasteiger partial charge in [0.1, 0.15) is 0 Å². The summed E-state index contributed by atoms with van der Waals surface area (Å²) in [5.41, 5.74) is 2.69. The topological polar surface area (TPSA) is 54.0 Å². The highest BCUT2D eigenvalue weighted by Gasteiger charge is 2.07. The molecule has 4 nitrogen and oxygen atoms in total. The number of amides is 1. The van der Waals surface area contributed by atoms with E-state index in [0.29, 0.717) is 13.0 Å². The Kier molecular flexibility index (Phi) is 5.28. The van der Waals surface area contributed by atoms with Gasteiger partial charge in [0.15, 0.2) is 0 Å². The van der Waals surface area contributed by atoms with E-state index in [1.807, 2.05) is 19.2 Å². The average Bonchev–Trinajstić information content (AvgIpc) is 2.67. The summed E-state index contributed by atoms with van der Waals surface area (Å²) in [6, 6.07) is 0.227. The van der Waals surface area contributed by atoms with Crippen LogP contribution in [0.3, 0.4) is 0 Å². The van der Waals surface area contributed by atoms with Gasteiger partial charge in [-0.25, -0.2) is 4.98 Å². The first-order chi connectivity index (χ1) is 7.22. The summed E-state index contributed by atoms with van der Waals surface area (Å²) in [5, 5.41) is 7.97. The Labute approximate surface area is 94.1 Å². The predicted molar refractivity (Wildman–Crippen MR) is 61.7 cm³/mol. The summed E-state index contributed by atoms with van der Waals surface area (Å²) < 4.78 is 0. The lowest BCUT2D eigenvalue weighted by Crippen LogP contribution is -2.33. The number of hydrogen-bond acceptors (Lipinski definition) is 4. The Bertz CT molecular complexity index is 287. The molecule has 0 aliphatic rings. The molecule has 0 saturated carbocycles. The molecule has 1 amide bonds. The highest BCUT2D eigenvalue weighted by Crippen LogP contribution is 2.00. The molecule has 1 rings (SSSR count). The summed E-state index contributed by atoms with van der Waals surface area (Å²) in [5.74, 6) is 0.0662. The lowest BCUT2D eigenvalue weighted by molar-refractivity contribution is -0.121. The van der Waals surface area contributed by atoms with Crippen LogP contribution in [-0.4, -0.2) is 23.5 Å². The number of carbonyl (C=O) groups excluding carboxylic acids is 1. The molecule has 0 bridgehead atoms. The molecular weight excluding hydrogens is 210 g/mol. The Balaban J connectivity index is 2.19. The summed E-state index contributed by atoms with van der Waals surface area (Å²) in [7, 11) is 0. The zero-order valence-electron chi connectivity index (χ0n) is 9.12. The van der Waals surface area contributed by atoms with E-state index in [9.17, 15) is 4.79 Å². The lowest BCUT2D eigenvalue weighted by Gasteiger charge is -2.11. The summed E-state index contributed by atoms with van der Waals surface area (Å²) in [6.45, 7) is 5.46. The van der Waals surface area contributed by atoms with Crippen molar-refractivity contribution in [2.75, 3.05) is 6.54 Å². The van der Waals surface area contributed by atoms with E-state index in [2.05, 4.69) is 15.6 Å². The maximum absolute atomic E-state index is 11.4. The van der Waals surface area contributed by atoms with E-state index in [1.54, 1.807) is 5.51 Å². The molecule has 5 heteroatoms. The Hall–Kier alpha value is -0.940. The van der Waals surface area contributed by atoms with E-state index in [1.165, 1.54) is 11.3 Å². The van der Waals surface area contributed by atoms with Gasteiger partial charge in [-0.15, -0.1) is 11.3 Å². The van der Waals surface area contributed by atoms with Crippen LogP contribution in [0.4, 0.5) is 0 Å². The minimum atomic E-state index is 0.0662. The van der Waals surface area contributed by atoms with Gasteiger partial charge in [-0.2, -0.15) is 0 Å². The molecule has 0 aliphatic heterocycles. The van der Waals surface area contributed by atoms with Crippen LogP contribution in [-0.2, 0) is 11.3 Å². The van der Waals surface area contributed by atoms with Crippen LogP contribution in [0.2, 0.25) is 0 Å². The normalized spacial score (nSPS) is 12.4. The van der Waals surface area contributed by atoms with Gasteiger partial charge in [0, 0.05) is 17.8 Å². The molecule has 84 valence electrons. The first kappa shape index (κ1) is 12.1. The Morgan fingerprint density at radius 3 is 3.07 bits per heavy atom. The maximum Gasteiger partial charge on any atom is 0.221 e. The van der Waals surface area contributed by atoms with Crippen LogP contribution in [0, 0.1) is 0 Å².